The Morgan fingerprint density at radius 2 is 1.70 bits per heavy atom. The Labute approximate surface area is 135 Å². The molecule has 0 saturated carbocycles. The SMILES string of the molecule is O=c1nc(-c2ccc(-c3ccc4cc(O)ccc4n3)cc2)s[nH]1. The normalized spacial score (nSPS) is 11.0. The fraction of sp³-hybridized carbons (Fsp3) is 0. The van der Waals surface area contributed by atoms with Crippen LogP contribution in [0.25, 0.3) is 32.7 Å². The van der Waals surface area contributed by atoms with Crippen LogP contribution in [0.5, 0.6) is 5.75 Å². The third-order valence-electron chi connectivity index (χ3n) is 3.54. The summed E-state index contributed by atoms with van der Waals surface area (Å²) < 4.78 is 2.58. The number of rotatable bonds is 2. The van der Waals surface area contributed by atoms with E-state index >= 15 is 0 Å². The molecule has 0 fully saturated rings. The maximum atomic E-state index is 11.1. The van der Waals surface area contributed by atoms with Gasteiger partial charge in [0.2, 0.25) is 0 Å². The standard InChI is InChI=1S/C17H11N3O2S/c21-13-6-8-15-12(9-13)5-7-14(18-15)10-1-3-11(4-2-10)16-19-17(22)20-23-16/h1-9,21H,(H,20,22). The summed E-state index contributed by atoms with van der Waals surface area (Å²) in [5, 5.41) is 11.1. The summed E-state index contributed by atoms with van der Waals surface area (Å²) in [6.45, 7) is 0. The molecule has 0 unspecified atom stereocenters. The molecule has 4 rings (SSSR count). The van der Waals surface area contributed by atoms with Gasteiger partial charge >= 0.3 is 5.69 Å². The van der Waals surface area contributed by atoms with E-state index in [0.29, 0.717) is 5.01 Å². The number of fused-ring (bicyclic) bond motifs is 1. The molecule has 5 nitrogen and oxygen atoms in total. The summed E-state index contributed by atoms with van der Waals surface area (Å²) in [7, 11) is 0. The quantitative estimate of drug-likeness (QED) is 0.593. The lowest BCUT2D eigenvalue weighted by atomic mass is 10.1. The average molecular weight is 321 g/mol. The topological polar surface area (TPSA) is 78.9 Å². The lowest BCUT2D eigenvalue weighted by Crippen LogP contribution is -1.99. The van der Waals surface area contributed by atoms with E-state index in [1.807, 2.05) is 36.4 Å². The molecule has 0 radical (unpaired) electrons. The van der Waals surface area contributed by atoms with Gasteiger partial charge in [0.1, 0.15) is 10.8 Å². The minimum atomic E-state index is -0.325. The van der Waals surface area contributed by atoms with Crippen molar-refractivity contribution in [2.24, 2.45) is 0 Å². The van der Waals surface area contributed by atoms with Crippen LogP contribution in [0.2, 0.25) is 0 Å². The number of benzene rings is 2. The molecule has 6 heteroatoms. The summed E-state index contributed by atoms with van der Waals surface area (Å²) >= 11 is 1.22. The Kier molecular flexibility index (Phi) is 3.17. The number of phenols is 1. The highest BCUT2D eigenvalue weighted by Gasteiger charge is 2.06. The number of aromatic hydroxyl groups is 1. The van der Waals surface area contributed by atoms with Gasteiger partial charge in [-0.15, -0.1) is 0 Å². The van der Waals surface area contributed by atoms with Crippen molar-refractivity contribution in [3.8, 4) is 27.6 Å². The van der Waals surface area contributed by atoms with Crippen LogP contribution in [0.3, 0.4) is 0 Å². The molecular weight excluding hydrogens is 310 g/mol. The zero-order valence-electron chi connectivity index (χ0n) is 11.9. The van der Waals surface area contributed by atoms with Gasteiger partial charge in [-0.25, -0.2) is 9.78 Å². The van der Waals surface area contributed by atoms with E-state index in [9.17, 15) is 9.90 Å². The number of hydrogen-bond donors (Lipinski definition) is 2. The van der Waals surface area contributed by atoms with Gasteiger partial charge in [0.15, 0.2) is 0 Å². The zero-order valence-corrected chi connectivity index (χ0v) is 12.7. The van der Waals surface area contributed by atoms with E-state index in [1.165, 1.54) is 11.5 Å². The zero-order chi connectivity index (χ0) is 15.8. The van der Waals surface area contributed by atoms with Crippen molar-refractivity contribution in [2.45, 2.75) is 0 Å². The molecule has 112 valence electrons. The van der Waals surface area contributed by atoms with Crippen LogP contribution in [0.4, 0.5) is 0 Å². The molecule has 2 N–H and O–H groups in total. The second-order valence-corrected chi connectivity index (χ2v) is 5.87. The maximum absolute atomic E-state index is 11.1. The van der Waals surface area contributed by atoms with Crippen LogP contribution in [0.15, 0.2) is 59.4 Å². The van der Waals surface area contributed by atoms with E-state index in [1.54, 1.807) is 18.2 Å². The van der Waals surface area contributed by atoms with Crippen molar-refractivity contribution in [2.75, 3.05) is 0 Å². The minimum Gasteiger partial charge on any atom is -0.508 e. The van der Waals surface area contributed by atoms with Gasteiger partial charge in [0, 0.05) is 16.5 Å². The van der Waals surface area contributed by atoms with Crippen molar-refractivity contribution in [3.05, 3.63) is 65.1 Å². The molecule has 2 aromatic heterocycles. The largest absolute Gasteiger partial charge is 0.508 e. The first-order valence-corrected chi connectivity index (χ1v) is 7.77. The van der Waals surface area contributed by atoms with Gasteiger partial charge in [0.05, 0.1) is 11.2 Å². The first-order valence-electron chi connectivity index (χ1n) is 6.95. The van der Waals surface area contributed by atoms with Crippen LogP contribution in [0.1, 0.15) is 0 Å². The van der Waals surface area contributed by atoms with Crippen molar-refractivity contribution < 1.29 is 5.11 Å². The Hall–Kier alpha value is -2.99. The van der Waals surface area contributed by atoms with Crippen LogP contribution in [0, 0.1) is 0 Å². The van der Waals surface area contributed by atoms with Crippen LogP contribution >= 0.6 is 11.5 Å². The lowest BCUT2D eigenvalue weighted by Gasteiger charge is -2.04. The summed E-state index contributed by atoms with van der Waals surface area (Å²) in [6.07, 6.45) is 0. The summed E-state index contributed by atoms with van der Waals surface area (Å²) in [5.41, 5.74) is 3.22. The molecule has 0 aliphatic rings. The maximum Gasteiger partial charge on any atom is 0.355 e. The first kappa shape index (κ1) is 13.7. The molecule has 23 heavy (non-hydrogen) atoms. The molecule has 2 aromatic carbocycles. The van der Waals surface area contributed by atoms with E-state index in [2.05, 4.69) is 14.3 Å². The van der Waals surface area contributed by atoms with Gasteiger partial charge in [-0.2, -0.15) is 4.98 Å². The summed E-state index contributed by atoms with van der Waals surface area (Å²) in [5.74, 6) is 0.231. The number of nitrogens with zero attached hydrogens (tertiary/aromatic N) is 2. The molecule has 0 aliphatic heterocycles. The van der Waals surface area contributed by atoms with Gasteiger partial charge in [-0.1, -0.05) is 30.3 Å². The smallest absolute Gasteiger partial charge is 0.355 e. The molecular formula is C17H11N3O2S. The molecule has 0 aliphatic carbocycles. The molecule has 4 aromatic rings. The predicted octanol–water partition coefficient (Wildman–Crippen LogP) is 3.42. The van der Waals surface area contributed by atoms with Crippen molar-refractivity contribution in [1.82, 2.24) is 14.3 Å². The van der Waals surface area contributed by atoms with Gasteiger partial charge in [-0.05, 0) is 35.8 Å². The highest BCUT2D eigenvalue weighted by Crippen LogP contribution is 2.26. The summed E-state index contributed by atoms with van der Waals surface area (Å²) in [4.78, 5) is 19.6. The number of aromatic nitrogens is 3. The number of H-pyrrole nitrogens is 1. The second-order valence-electron chi connectivity index (χ2n) is 5.08. The first-order chi connectivity index (χ1) is 11.2. The average Bonchev–Trinajstić information content (AvgIpc) is 3.01. The fourth-order valence-corrected chi connectivity index (χ4v) is 3.02. The van der Waals surface area contributed by atoms with Gasteiger partial charge in [-0.3, -0.25) is 4.37 Å². The number of nitrogens with one attached hydrogen (secondary N) is 1. The van der Waals surface area contributed by atoms with Crippen molar-refractivity contribution >= 4 is 22.4 Å². The van der Waals surface area contributed by atoms with Crippen molar-refractivity contribution in [3.63, 3.8) is 0 Å². The molecule has 0 amide bonds. The Bertz CT molecular complexity index is 1050. The van der Waals surface area contributed by atoms with Crippen LogP contribution in [-0.2, 0) is 0 Å². The van der Waals surface area contributed by atoms with E-state index in [0.717, 1.165) is 27.7 Å². The Morgan fingerprint density at radius 3 is 2.43 bits per heavy atom. The highest BCUT2D eigenvalue weighted by atomic mass is 32.1. The number of aromatic amines is 1. The third-order valence-corrected chi connectivity index (χ3v) is 4.34. The summed E-state index contributed by atoms with van der Waals surface area (Å²) in [6, 6.07) is 16.7. The van der Waals surface area contributed by atoms with Crippen molar-refractivity contribution in [1.29, 1.82) is 0 Å². The molecule has 0 bridgehead atoms. The third kappa shape index (κ3) is 2.60. The number of hydrogen-bond acceptors (Lipinski definition) is 5. The second kappa shape index (κ2) is 5.33. The predicted molar refractivity (Wildman–Crippen MR) is 90.6 cm³/mol. The van der Waals surface area contributed by atoms with E-state index < -0.39 is 0 Å². The number of pyridine rings is 1. The Balaban J connectivity index is 1.73. The van der Waals surface area contributed by atoms with E-state index in [4.69, 9.17) is 0 Å². The Morgan fingerprint density at radius 1 is 0.913 bits per heavy atom. The minimum absolute atomic E-state index is 0.231. The highest BCUT2D eigenvalue weighted by molar-refractivity contribution is 7.09. The monoisotopic (exact) mass is 321 g/mol. The van der Waals surface area contributed by atoms with Crippen LogP contribution in [-0.4, -0.2) is 19.4 Å². The fourth-order valence-electron chi connectivity index (χ4n) is 2.41. The lowest BCUT2D eigenvalue weighted by molar-refractivity contribution is 0.476. The molecule has 2 heterocycles. The number of phenolic OH excluding ortho intramolecular Hbond substituents is 1. The van der Waals surface area contributed by atoms with Crippen LogP contribution < -0.4 is 5.69 Å². The van der Waals surface area contributed by atoms with E-state index in [-0.39, 0.29) is 11.4 Å². The van der Waals surface area contributed by atoms with Gasteiger partial charge in [0.25, 0.3) is 0 Å². The molecule has 0 saturated heterocycles. The molecule has 0 spiro atoms. The van der Waals surface area contributed by atoms with Gasteiger partial charge < -0.3 is 5.11 Å². The molecule has 0 atom stereocenters.